The van der Waals surface area contributed by atoms with E-state index in [1.54, 1.807) is 11.3 Å². The molecule has 11 nitrogen and oxygen atoms in total. The second-order valence-corrected chi connectivity index (χ2v) is 8.39. The van der Waals surface area contributed by atoms with Crippen molar-refractivity contribution in [1.82, 2.24) is 15.6 Å². The van der Waals surface area contributed by atoms with E-state index in [-0.39, 0.29) is 18.0 Å². The van der Waals surface area contributed by atoms with Crippen molar-refractivity contribution in [3.63, 3.8) is 0 Å². The van der Waals surface area contributed by atoms with Gasteiger partial charge in [0.2, 0.25) is 5.91 Å². The number of aryl methyl sites for hydroxylation is 1. The van der Waals surface area contributed by atoms with Crippen LogP contribution in [0.15, 0.2) is 29.8 Å². The Balaban J connectivity index is 0.000000328. The minimum absolute atomic E-state index is 0.0589. The highest BCUT2D eigenvalue weighted by molar-refractivity contribution is 7.13. The van der Waals surface area contributed by atoms with E-state index in [2.05, 4.69) is 27.8 Å². The van der Waals surface area contributed by atoms with Gasteiger partial charge >= 0.3 is 11.9 Å². The number of carboxylic acid groups (broad SMARTS) is 2. The average Bonchev–Trinajstić information content (AvgIpc) is 3.41. The summed E-state index contributed by atoms with van der Waals surface area (Å²) in [4.78, 5) is 37.2. The second kappa shape index (κ2) is 11.8. The van der Waals surface area contributed by atoms with Gasteiger partial charge in [0.25, 0.3) is 0 Å². The zero-order chi connectivity index (χ0) is 24.7. The van der Waals surface area contributed by atoms with E-state index in [0.717, 1.165) is 16.8 Å². The van der Waals surface area contributed by atoms with Gasteiger partial charge in [-0.3, -0.25) is 4.79 Å². The highest BCUT2D eigenvalue weighted by atomic mass is 32.1. The second-order valence-electron chi connectivity index (χ2n) is 7.54. The lowest BCUT2D eigenvalue weighted by atomic mass is 10.0. The number of thiazole rings is 1. The molecule has 3 rings (SSSR count). The van der Waals surface area contributed by atoms with Gasteiger partial charge in [-0.15, -0.1) is 11.3 Å². The summed E-state index contributed by atoms with van der Waals surface area (Å²) in [5.74, 6) is -3.60. The molecule has 1 aliphatic heterocycles. The SMILES string of the molecule is Cc1ncsc1-c1ccc([C@H](C)NC(=O)C2CC(O)CN2)cc1.O=C(O)[C@@H](O)[C@H](O)C(=O)O. The van der Waals surface area contributed by atoms with Crippen LogP contribution in [0.1, 0.15) is 30.6 Å². The van der Waals surface area contributed by atoms with Gasteiger partial charge in [-0.1, -0.05) is 24.3 Å². The number of amides is 1. The molecule has 180 valence electrons. The van der Waals surface area contributed by atoms with Gasteiger partial charge in [-0.25, -0.2) is 14.6 Å². The van der Waals surface area contributed by atoms with Crippen LogP contribution in [0, 0.1) is 6.92 Å². The van der Waals surface area contributed by atoms with Crippen LogP contribution in [0.4, 0.5) is 0 Å². The van der Waals surface area contributed by atoms with Crippen LogP contribution in [0.25, 0.3) is 10.4 Å². The predicted molar refractivity (Wildman–Crippen MR) is 119 cm³/mol. The highest BCUT2D eigenvalue weighted by Crippen LogP contribution is 2.28. The fourth-order valence-electron chi connectivity index (χ4n) is 3.09. The quantitative estimate of drug-likeness (QED) is 0.281. The molecule has 0 radical (unpaired) electrons. The van der Waals surface area contributed by atoms with E-state index in [1.807, 2.05) is 31.5 Å². The Bertz CT molecular complexity index is 947. The normalized spacial score (nSPS) is 20.2. The number of aliphatic carboxylic acids is 2. The zero-order valence-corrected chi connectivity index (χ0v) is 18.8. The van der Waals surface area contributed by atoms with Crippen LogP contribution in [0.3, 0.4) is 0 Å². The Morgan fingerprint density at radius 3 is 2.12 bits per heavy atom. The number of aliphatic hydroxyl groups excluding tert-OH is 3. The first-order valence-corrected chi connectivity index (χ1v) is 10.9. The van der Waals surface area contributed by atoms with Gasteiger partial charge in [0.15, 0.2) is 12.2 Å². The van der Waals surface area contributed by atoms with Crippen molar-refractivity contribution in [3.05, 3.63) is 41.0 Å². The molecule has 1 aliphatic rings. The lowest BCUT2D eigenvalue weighted by molar-refractivity contribution is -0.165. The summed E-state index contributed by atoms with van der Waals surface area (Å²) in [5, 5.41) is 48.1. The minimum Gasteiger partial charge on any atom is -0.479 e. The van der Waals surface area contributed by atoms with Crippen LogP contribution >= 0.6 is 11.3 Å². The molecule has 7 N–H and O–H groups in total. The Labute approximate surface area is 193 Å². The van der Waals surface area contributed by atoms with Gasteiger partial charge < -0.3 is 36.2 Å². The molecule has 12 heteroatoms. The standard InChI is InChI=1S/C17H21N3O2S.C4H6O6/c1-10(20-17(22)15-7-14(21)8-18-15)12-3-5-13(6-4-12)16-11(2)19-9-23-16;5-1(3(7)8)2(6)4(9)10/h3-6,9-10,14-15,18,21H,7-8H2,1-2H3,(H,20,22);1-2,5-6H,(H,7,8)(H,9,10)/t10-,14?,15?;1-,2-/m00/s1. The van der Waals surface area contributed by atoms with E-state index < -0.39 is 30.3 Å². The van der Waals surface area contributed by atoms with Crippen molar-refractivity contribution in [2.45, 2.75) is 50.7 Å². The predicted octanol–water partition coefficient (Wildman–Crippen LogP) is -0.104. The maximum absolute atomic E-state index is 12.2. The molecule has 0 aliphatic carbocycles. The summed E-state index contributed by atoms with van der Waals surface area (Å²) in [6.45, 7) is 4.46. The molecule has 2 aromatic rings. The summed E-state index contributed by atoms with van der Waals surface area (Å²) in [6.07, 6.45) is -4.49. The first kappa shape index (κ1) is 26.4. The summed E-state index contributed by atoms with van der Waals surface area (Å²) >= 11 is 1.63. The fraction of sp³-hybridized carbons (Fsp3) is 0.429. The van der Waals surface area contributed by atoms with E-state index in [9.17, 15) is 19.5 Å². The first-order valence-electron chi connectivity index (χ1n) is 10.0. The number of nitrogens with zero attached hydrogens (tertiary/aromatic N) is 1. The molecule has 1 amide bonds. The monoisotopic (exact) mass is 481 g/mol. The molecule has 1 fully saturated rings. The van der Waals surface area contributed by atoms with Crippen LogP contribution in [-0.2, 0) is 14.4 Å². The molecule has 1 saturated heterocycles. The number of carbonyl (C=O) groups excluding carboxylic acids is 1. The van der Waals surface area contributed by atoms with Crippen molar-refractivity contribution in [2.24, 2.45) is 0 Å². The van der Waals surface area contributed by atoms with Crippen molar-refractivity contribution >= 4 is 29.2 Å². The lowest BCUT2D eigenvalue weighted by Gasteiger charge is -2.18. The molecular formula is C21H27N3O8S. The zero-order valence-electron chi connectivity index (χ0n) is 18.0. The molecule has 5 atom stereocenters. The van der Waals surface area contributed by atoms with Gasteiger partial charge in [-0.2, -0.15) is 0 Å². The number of hydrogen-bond acceptors (Lipinski definition) is 9. The maximum atomic E-state index is 12.2. The van der Waals surface area contributed by atoms with E-state index >= 15 is 0 Å². The van der Waals surface area contributed by atoms with Gasteiger partial charge in [0, 0.05) is 6.54 Å². The Morgan fingerprint density at radius 2 is 1.70 bits per heavy atom. The third-order valence-electron chi connectivity index (χ3n) is 5.01. The molecule has 1 aromatic heterocycles. The summed E-state index contributed by atoms with van der Waals surface area (Å²) in [5.41, 5.74) is 5.09. The van der Waals surface area contributed by atoms with Crippen LogP contribution in [0.5, 0.6) is 0 Å². The fourth-order valence-corrected chi connectivity index (χ4v) is 3.90. The largest absolute Gasteiger partial charge is 0.479 e. The van der Waals surface area contributed by atoms with Gasteiger partial charge in [-0.05, 0) is 31.4 Å². The summed E-state index contributed by atoms with van der Waals surface area (Å²) in [6, 6.07) is 7.84. The molecule has 2 unspecified atom stereocenters. The van der Waals surface area contributed by atoms with E-state index in [0.29, 0.717) is 13.0 Å². The number of β-amino-alcohol motifs (C(OH)–C–C–N with tert-alkyl or cyclic N) is 1. The van der Waals surface area contributed by atoms with Crippen molar-refractivity contribution in [3.8, 4) is 10.4 Å². The van der Waals surface area contributed by atoms with Crippen LogP contribution in [-0.4, -0.2) is 79.3 Å². The number of rotatable bonds is 7. The van der Waals surface area contributed by atoms with Crippen molar-refractivity contribution < 1.29 is 39.9 Å². The van der Waals surface area contributed by atoms with Crippen LogP contribution < -0.4 is 10.6 Å². The Morgan fingerprint density at radius 1 is 1.12 bits per heavy atom. The summed E-state index contributed by atoms with van der Waals surface area (Å²) < 4.78 is 0. The van der Waals surface area contributed by atoms with E-state index in [4.69, 9.17) is 20.4 Å². The Hall–Kier alpha value is -2.90. The molecule has 0 spiro atoms. The van der Waals surface area contributed by atoms with Crippen LogP contribution in [0.2, 0.25) is 0 Å². The number of carboxylic acids is 2. The third-order valence-corrected chi connectivity index (χ3v) is 5.98. The molecule has 0 bridgehead atoms. The lowest BCUT2D eigenvalue weighted by Crippen LogP contribution is -2.41. The highest BCUT2D eigenvalue weighted by Gasteiger charge is 2.30. The molecule has 1 aromatic carbocycles. The smallest absolute Gasteiger partial charge is 0.335 e. The molecular weight excluding hydrogens is 454 g/mol. The van der Waals surface area contributed by atoms with Gasteiger partial charge in [0.1, 0.15) is 0 Å². The molecule has 2 heterocycles. The van der Waals surface area contributed by atoms with Gasteiger partial charge in [0.05, 0.1) is 34.3 Å². The minimum atomic E-state index is -2.27. The summed E-state index contributed by atoms with van der Waals surface area (Å²) in [7, 11) is 0. The number of carbonyl (C=O) groups is 3. The topological polar surface area (TPSA) is 189 Å². The first-order chi connectivity index (χ1) is 15.5. The van der Waals surface area contributed by atoms with Crippen molar-refractivity contribution in [1.29, 1.82) is 0 Å². The Kier molecular flexibility index (Phi) is 9.44. The number of hydrogen-bond donors (Lipinski definition) is 7. The average molecular weight is 482 g/mol. The number of benzene rings is 1. The van der Waals surface area contributed by atoms with Crippen molar-refractivity contribution in [2.75, 3.05) is 6.54 Å². The number of nitrogens with one attached hydrogen (secondary N) is 2. The molecule has 0 saturated carbocycles. The third kappa shape index (κ3) is 7.30. The molecule has 33 heavy (non-hydrogen) atoms. The number of aromatic nitrogens is 1. The van der Waals surface area contributed by atoms with E-state index in [1.165, 1.54) is 4.88 Å². The number of aliphatic hydroxyl groups is 3. The maximum Gasteiger partial charge on any atom is 0.335 e.